The lowest BCUT2D eigenvalue weighted by Crippen LogP contribution is -2.48. The van der Waals surface area contributed by atoms with Crippen molar-refractivity contribution in [1.29, 1.82) is 0 Å². The second-order valence-electron chi connectivity index (χ2n) is 9.88. The average molecular weight is 473 g/mol. The zero-order valence-corrected chi connectivity index (χ0v) is 19.8. The topological polar surface area (TPSA) is 23.6 Å². The van der Waals surface area contributed by atoms with E-state index >= 15 is 0 Å². The first kappa shape index (κ1) is 24.8. The number of hydrogen-bond donors (Lipinski definition) is 0. The van der Waals surface area contributed by atoms with Crippen LogP contribution in [-0.2, 0) is 17.8 Å². The highest BCUT2D eigenvalue weighted by molar-refractivity contribution is 5.78. The molecule has 0 N–H and O–H groups in total. The number of halogens is 3. The van der Waals surface area contributed by atoms with E-state index in [9.17, 15) is 18.0 Å². The van der Waals surface area contributed by atoms with Gasteiger partial charge in [-0.3, -0.25) is 9.69 Å². The molecule has 2 heterocycles. The number of anilines is 1. The molecule has 2 aromatic carbocycles. The monoisotopic (exact) mass is 472 g/mol. The molecule has 0 radical (unpaired) electrons. The van der Waals surface area contributed by atoms with E-state index < -0.39 is 12.2 Å². The Balaban J connectivity index is 1.27. The predicted octanol–water partition coefficient (Wildman–Crippen LogP) is 6.41. The number of carbonyl (C=O) groups is 1. The highest BCUT2D eigenvalue weighted by atomic mass is 19.4. The summed E-state index contributed by atoms with van der Waals surface area (Å²) in [6, 6.07) is 16.4. The normalized spacial score (nSPS) is 22.0. The van der Waals surface area contributed by atoms with Gasteiger partial charge in [0.15, 0.2) is 0 Å². The number of Topliss-reactive ketones (excluding diaryl/α,β-unsaturated/α-hetero) is 1. The zero-order chi connectivity index (χ0) is 24.0. The van der Waals surface area contributed by atoms with Crippen molar-refractivity contribution in [2.45, 2.75) is 70.1 Å². The van der Waals surface area contributed by atoms with E-state index in [4.69, 9.17) is 0 Å². The number of carbonyl (C=O) groups excluding carboxylic acids is 1. The molecule has 34 heavy (non-hydrogen) atoms. The molecule has 0 bridgehead atoms. The Kier molecular flexibility index (Phi) is 8.30. The predicted molar refractivity (Wildman–Crippen MR) is 130 cm³/mol. The van der Waals surface area contributed by atoms with E-state index in [2.05, 4.69) is 17.0 Å². The lowest BCUT2D eigenvalue weighted by molar-refractivity contribution is -0.152. The van der Waals surface area contributed by atoms with E-state index in [0.717, 1.165) is 50.9 Å². The van der Waals surface area contributed by atoms with Crippen LogP contribution in [0.1, 0.15) is 56.1 Å². The fourth-order valence-corrected chi connectivity index (χ4v) is 5.45. The van der Waals surface area contributed by atoms with E-state index in [-0.39, 0.29) is 6.42 Å². The maximum Gasteiger partial charge on any atom is 0.408 e. The number of piperidine rings is 2. The van der Waals surface area contributed by atoms with Crippen LogP contribution in [0.2, 0.25) is 0 Å². The van der Waals surface area contributed by atoms with Crippen LogP contribution in [0.3, 0.4) is 0 Å². The number of ketones is 1. The van der Waals surface area contributed by atoms with Crippen LogP contribution in [-0.4, -0.2) is 42.5 Å². The summed E-state index contributed by atoms with van der Waals surface area (Å²) >= 11 is 0. The summed E-state index contributed by atoms with van der Waals surface area (Å²) in [6.07, 6.45) is 1.60. The molecule has 0 aliphatic carbocycles. The largest absolute Gasteiger partial charge is 0.408 e. The summed E-state index contributed by atoms with van der Waals surface area (Å²) < 4.78 is 40.4. The smallest absolute Gasteiger partial charge is 0.360 e. The van der Waals surface area contributed by atoms with Gasteiger partial charge in [0.05, 0.1) is 0 Å². The number of aryl methyl sites for hydroxylation is 1. The van der Waals surface area contributed by atoms with Crippen molar-refractivity contribution >= 4 is 11.5 Å². The molecule has 184 valence electrons. The maximum atomic E-state index is 13.5. The lowest BCUT2D eigenvalue weighted by atomic mass is 9.91. The third-order valence-electron chi connectivity index (χ3n) is 7.21. The number of alkyl halides is 3. The molecule has 2 aromatic rings. The molecule has 2 atom stereocenters. The van der Waals surface area contributed by atoms with Crippen molar-refractivity contribution < 1.29 is 18.0 Å². The summed E-state index contributed by atoms with van der Waals surface area (Å²) in [4.78, 5) is 16.4. The van der Waals surface area contributed by atoms with Crippen molar-refractivity contribution in [3.8, 4) is 0 Å². The fourth-order valence-electron chi connectivity index (χ4n) is 5.45. The lowest BCUT2D eigenvalue weighted by Gasteiger charge is -2.38. The molecule has 0 spiro atoms. The first-order valence-corrected chi connectivity index (χ1v) is 12.6. The second kappa shape index (κ2) is 11.4. The van der Waals surface area contributed by atoms with Gasteiger partial charge in [-0.2, -0.15) is 13.2 Å². The van der Waals surface area contributed by atoms with Crippen LogP contribution in [0.15, 0.2) is 54.6 Å². The summed E-state index contributed by atoms with van der Waals surface area (Å²) in [5.74, 6) is 0.720. The maximum absolute atomic E-state index is 13.5. The van der Waals surface area contributed by atoms with E-state index in [1.807, 2.05) is 42.5 Å². The van der Waals surface area contributed by atoms with E-state index in [0.29, 0.717) is 43.2 Å². The van der Waals surface area contributed by atoms with Gasteiger partial charge in [-0.25, -0.2) is 0 Å². The minimum Gasteiger partial charge on any atom is -0.360 e. The van der Waals surface area contributed by atoms with Gasteiger partial charge in [0.1, 0.15) is 11.8 Å². The van der Waals surface area contributed by atoms with Crippen LogP contribution >= 0.6 is 0 Å². The standard InChI is InChI=1S/C28H35F3N2O/c29-28(30,31)27-10-4-5-18-33(27)25-14-11-23(12-15-25)20-32-17-6-9-24(21-32)19-26(34)16-13-22-7-2-1-3-8-22/h1-3,7-8,11-12,14-15,24,27H,4-6,9-10,13,16-21H2. The molecule has 6 heteroatoms. The van der Waals surface area contributed by atoms with Crippen molar-refractivity contribution in [2.24, 2.45) is 5.92 Å². The highest BCUT2D eigenvalue weighted by Gasteiger charge is 2.44. The molecule has 2 unspecified atom stereocenters. The first-order valence-electron chi connectivity index (χ1n) is 12.6. The van der Waals surface area contributed by atoms with Gasteiger partial charge in [0.25, 0.3) is 0 Å². The van der Waals surface area contributed by atoms with Crippen molar-refractivity contribution in [3.63, 3.8) is 0 Å². The quantitative estimate of drug-likeness (QED) is 0.443. The van der Waals surface area contributed by atoms with Crippen molar-refractivity contribution in [3.05, 3.63) is 65.7 Å². The number of nitrogens with zero attached hydrogens (tertiary/aromatic N) is 2. The Morgan fingerprint density at radius 3 is 2.38 bits per heavy atom. The summed E-state index contributed by atoms with van der Waals surface area (Å²) in [7, 11) is 0. The third-order valence-corrected chi connectivity index (χ3v) is 7.21. The van der Waals surface area contributed by atoms with Crippen molar-refractivity contribution in [2.75, 3.05) is 24.5 Å². The summed E-state index contributed by atoms with van der Waals surface area (Å²) in [6.45, 7) is 3.13. The molecule has 4 rings (SSSR count). The number of likely N-dealkylation sites (tertiary alicyclic amines) is 1. The Morgan fingerprint density at radius 2 is 1.65 bits per heavy atom. The molecule has 2 fully saturated rings. The molecular weight excluding hydrogens is 437 g/mol. The zero-order valence-electron chi connectivity index (χ0n) is 19.8. The SMILES string of the molecule is O=C(CCc1ccccc1)CC1CCCN(Cc2ccc(N3CCCCC3C(F)(F)F)cc2)C1. The number of rotatable bonds is 8. The van der Waals surface area contributed by atoms with Crippen LogP contribution in [0.25, 0.3) is 0 Å². The minimum absolute atomic E-state index is 0.171. The molecule has 3 nitrogen and oxygen atoms in total. The van der Waals surface area contributed by atoms with Crippen LogP contribution in [0, 0.1) is 5.92 Å². The highest BCUT2D eigenvalue weighted by Crippen LogP contribution is 2.35. The van der Waals surface area contributed by atoms with Crippen LogP contribution in [0.4, 0.5) is 18.9 Å². The minimum atomic E-state index is -4.19. The van der Waals surface area contributed by atoms with Crippen LogP contribution < -0.4 is 4.90 Å². The Bertz CT molecular complexity index is 913. The molecule has 0 amide bonds. The van der Waals surface area contributed by atoms with Gasteiger partial charge < -0.3 is 4.90 Å². The second-order valence-corrected chi connectivity index (χ2v) is 9.88. The third kappa shape index (κ3) is 6.84. The molecule has 2 saturated heterocycles. The van der Waals surface area contributed by atoms with Crippen molar-refractivity contribution in [1.82, 2.24) is 4.90 Å². The van der Waals surface area contributed by atoms with Gasteiger partial charge >= 0.3 is 6.18 Å². The van der Waals surface area contributed by atoms with Gasteiger partial charge in [-0.05, 0) is 74.2 Å². The van der Waals surface area contributed by atoms with E-state index in [1.54, 1.807) is 0 Å². The number of benzene rings is 2. The first-order chi connectivity index (χ1) is 16.4. The molecule has 0 saturated carbocycles. The Hall–Kier alpha value is -2.34. The molecule has 2 aliphatic rings. The average Bonchev–Trinajstić information content (AvgIpc) is 2.84. The fraction of sp³-hybridized carbons (Fsp3) is 0.536. The van der Waals surface area contributed by atoms with Gasteiger partial charge in [0.2, 0.25) is 0 Å². The van der Waals surface area contributed by atoms with Crippen LogP contribution in [0.5, 0.6) is 0 Å². The Morgan fingerprint density at radius 1 is 0.882 bits per heavy atom. The summed E-state index contributed by atoms with van der Waals surface area (Å²) in [5, 5.41) is 0. The van der Waals surface area contributed by atoms with Gasteiger partial charge in [0, 0.05) is 38.2 Å². The van der Waals surface area contributed by atoms with Gasteiger partial charge in [-0.1, -0.05) is 42.5 Å². The van der Waals surface area contributed by atoms with Gasteiger partial charge in [-0.15, -0.1) is 0 Å². The molecule has 2 aliphatic heterocycles. The molecule has 0 aromatic heterocycles. The number of hydrogen-bond acceptors (Lipinski definition) is 3. The molecular formula is C28H35F3N2O. The van der Waals surface area contributed by atoms with E-state index in [1.165, 1.54) is 10.5 Å². The summed E-state index contributed by atoms with van der Waals surface area (Å²) in [5.41, 5.74) is 2.97. The Labute approximate surface area is 200 Å².